The van der Waals surface area contributed by atoms with E-state index in [1.165, 1.54) is 0 Å². The van der Waals surface area contributed by atoms with E-state index in [-0.39, 0.29) is 5.91 Å². The van der Waals surface area contributed by atoms with Crippen LogP contribution in [0.25, 0.3) is 0 Å². The average molecular weight is 463 g/mol. The number of anilines is 2. The first kappa shape index (κ1) is 15.5. The van der Waals surface area contributed by atoms with Crippen LogP contribution in [0.1, 0.15) is 15.9 Å². The predicted molar refractivity (Wildman–Crippen MR) is 93.1 cm³/mol. The van der Waals surface area contributed by atoms with Gasteiger partial charge < -0.3 is 11.1 Å². The molecule has 2 aromatic rings. The summed E-state index contributed by atoms with van der Waals surface area (Å²) in [5.41, 5.74) is 8.56. The lowest BCUT2D eigenvalue weighted by atomic mass is 10.1. The Bertz CT molecular complexity index is 663. The van der Waals surface area contributed by atoms with Gasteiger partial charge in [0.05, 0.1) is 16.9 Å². The lowest BCUT2D eigenvalue weighted by Crippen LogP contribution is -2.14. The van der Waals surface area contributed by atoms with Crippen LogP contribution in [-0.2, 0) is 0 Å². The predicted octanol–water partition coefficient (Wildman–Crippen LogP) is 5.12. The fraction of sp³-hybridized carbons (Fsp3) is 0.0714. The Morgan fingerprint density at radius 3 is 2.40 bits per heavy atom. The molecule has 1 amide bonds. The first-order valence-electron chi connectivity index (χ1n) is 5.70. The highest BCUT2D eigenvalue weighted by Gasteiger charge is 2.13. The number of amides is 1. The summed E-state index contributed by atoms with van der Waals surface area (Å²) >= 11 is 10.1. The van der Waals surface area contributed by atoms with Crippen LogP contribution >= 0.6 is 47.8 Å². The number of hydrogen-bond acceptors (Lipinski definition) is 2. The summed E-state index contributed by atoms with van der Waals surface area (Å²) < 4.78 is 2.51. The number of benzene rings is 2. The first-order valence-corrected chi connectivity index (χ1v) is 8.08. The Morgan fingerprint density at radius 1 is 1.10 bits per heavy atom. The Morgan fingerprint density at radius 2 is 1.80 bits per heavy atom. The second kappa shape index (κ2) is 6.28. The largest absolute Gasteiger partial charge is 0.397 e. The van der Waals surface area contributed by atoms with Gasteiger partial charge in [0.25, 0.3) is 5.91 Å². The summed E-state index contributed by atoms with van der Waals surface area (Å²) in [4.78, 5) is 12.3. The molecule has 3 nitrogen and oxygen atoms in total. The third kappa shape index (κ3) is 3.42. The van der Waals surface area contributed by atoms with Crippen molar-refractivity contribution in [1.82, 2.24) is 0 Å². The molecule has 0 bridgehead atoms. The molecule has 0 fully saturated rings. The van der Waals surface area contributed by atoms with Crippen molar-refractivity contribution in [3.05, 3.63) is 54.9 Å². The van der Waals surface area contributed by atoms with Crippen LogP contribution in [-0.4, -0.2) is 5.91 Å². The zero-order valence-corrected chi connectivity index (χ0v) is 15.3. The minimum Gasteiger partial charge on any atom is -0.397 e. The van der Waals surface area contributed by atoms with Crippen LogP contribution in [0.4, 0.5) is 11.4 Å². The molecule has 104 valence electrons. The average Bonchev–Trinajstić information content (AvgIpc) is 2.33. The molecule has 0 heterocycles. The van der Waals surface area contributed by atoms with Crippen LogP contribution < -0.4 is 11.1 Å². The molecule has 0 saturated carbocycles. The van der Waals surface area contributed by atoms with Crippen LogP contribution in [0, 0.1) is 6.92 Å². The Hall–Kier alpha value is -0.850. The van der Waals surface area contributed by atoms with E-state index in [9.17, 15) is 4.79 Å². The van der Waals surface area contributed by atoms with Crippen LogP contribution in [0.3, 0.4) is 0 Å². The smallest absolute Gasteiger partial charge is 0.256 e. The SMILES string of the molecule is Cc1cc(Br)cc(N)c1NC(=O)c1ccc(Br)cc1Br. The number of carbonyl (C=O) groups excluding carboxylic acids is 1. The number of halogens is 3. The maximum absolute atomic E-state index is 12.3. The molecular weight excluding hydrogens is 452 g/mol. The van der Waals surface area contributed by atoms with E-state index in [0.717, 1.165) is 19.0 Å². The van der Waals surface area contributed by atoms with Crippen molar-refractivity contribution < 1.29 is 4.79 Å². The Balaban J connectivity index is 2.33. The third-order valence-electron chi connectivity index (χ3n) is 2.75. The summed E-state index contributed by atoms with van der Waals surface area (Å²) in [5.74, 6) is -0.207. The molecule has 0 atom stereocenters. The molecule has 20 heavy (non-hydrogen) atoms. The van der Waals surface area contributed by atoms with E-state index in [0.29, 0.717) is 16.9 Å². The van der Waals surface area contributed by atoms with Crippen molar-refractivity contribution in [3.63, 3.8) is 0 Å². The molecule has 0 saturated heterocycles. The van der Waals surface area contributed by atoms with Gasteiger partial charge in [0, 0.05) is 13.4 Å². The molecule has 0 radical (unpaired) electrons. The van der Waals surface area contributed by atoms with Gasteiger partial charge in [-0.3, -0.25) is 4.79 Å². The maximum atomic E-state index is 12.3. The highest BCUT2D eigenvalue weighted by atomic mass is 79.9. The summed E-state index contributed by atoms with van der Waals surface area (Å²) in [6, 6.07) is 9.06. The Kier molecular flexibility index (Phi) is 4.88. The van der Waals surface area contributed by atoms with E-state index < -0.39 is 0 Å². The molecule has 3 N–H and O–H groups in total. The van der Waals surface area contributed by atoms with E-state index >= 15 is 0 Å². The lowest BCUT2D eigenvalue weighted by molar-refractivity contribution is 0.102. The van der Waals surface area contributed by atoms with E-state index in [1.54, 1.807) is 12.1 Å². The highest BCUT2D eigenvalue weighted by Crippen LogP contribution is 2.29. The lowest BCUT2D eigenvalue weighted by Gasteiger charge is -2.13. The van der Waals surface area contributed by atoms with E-state index in [2.05, 4.69) is 53.1 Å². The second-order valence-corrected chi connectivity index (χ2v) is 6.95. The number of carbonyl (C=O) groups is 1. The van der Waals surface area contributed by atoms with Crippen molar-refractivity contribution in [3.8, 4) is 0 Å². The van der Waals surface area contributed by atoms with E-state index in [1.807, 2.05) is 25.1 Å². The van der Waals surface area contributed by atoms with Gasteiger partial charge in [-0.05, 0) is 58.7 Å². The zero-order valence-electron chi connectivity index (χ0n) is 10.5. The topological polar surface area (TPSA) is 55.1 Å². The van der Waals surface area contributed by atoms with Gasteiger partial charge in [0.2, 0.25) is 0 Å². The molecule has 2 rings (SSSR count). The molecule has 0 aliphatic rings. The van der Waals surface area contributed by atoms with Gasteiger partial charge in [0.15, 0.2) is 0 Å². The monoisotopic (exact) mass is 460 g/mol. The van der Waals surface area contributed by atoms with Crippen molar-refractivity contribution in [2.24, 2.45) is 0 Å². The van der Waals surface area contributed by atoms with Crippen LogP contribution in [0.15, 0.2) is 43.7 Å². The van der Waals surface area contributed by atoms with E-state index in [4.69, 9.17) is 5.73 Å². The van der Waals surface area contributed by atoms with Gasteiger partial charge in [-0.15, -0.1) is 0 Å². The van der Waals surface area contributed by atoms with Crippen LogP contribution in [0.5, 0.6) is 0 Å². The van der Waals surface area contributed by atoms with Gasteiger partial charge >= 0.3 is 0 Å². The number of rotatable bonds is 2. The molecule has 0 aromatic heterocycles. The number of nitrogens with two attached hydrogens (primary N) is 1. The minimum atomic E-state index is -0.207. The van der Waals surface area contributed by atoms with Crippen molar-refractivity contribution in [2.75, 3.05) is 11.1 Å². The summed E-state index contributed by atoms with van der Waals surface area (Å²) in [5, 5.41) is 2.85. The number of hydrogen-bond donors (Lipinski definition) is 2. The quantitative estimate of drug-likeness (QED) is 0.609. The third-order valence-corrected chi connectivity index (χ3v) is 4.35. The standard InChI is InChI=1S/C14H11Br3N2O/c1-7-4-9(16)6-12(18)13(7)19-14(20)10-3-2-8(15)5-11(10)17/h2-6H,18H2,1H3,(H,19,20). The first-order chi connectivity index (χ1) is 9.38. The molecule has 0 unspecified atom stereocenters. The van der Waals surface area contributed by atoms with Gasteiger partial charge in [0.1, 0.15) is 0 Å². The number of nitrogen functional groups attached to an aromatic ring is 1. The van der Waals surface area contributed by atoms with Crippen LogP contribution in [0.2, 0.25) is 0 Å². The summed E-state index contributed by atoms with van der Waals surface area (Å²) in [7, 11) is 0. The molecule has 2 aromatic carbocycles. The fourth-order valence-electron chi connectivity index (χ4n) is 1.79. The van der Waals surface area contributed by atoms with Crippen molar-refractivity contribution in [2.45, 2.75) is 6.92 Å². The van der Waals surface area contributed by atoms with Gasteiger partial charge in [-0.2, -0.15) is 0 Å². The zero-order chi connectivity index (χ0) is 14.9. The molecule has 0 spiro atoms. The summed E-state index contributed by atoms with van der Waals surface area (Å²) in [6.45, 7) is 1.90. The van der Waals surface area contributed by atoms with Gasteiger partial charge in [-0.1, -0.05) is 31.9 Å². The number of nitrogens with one attached hydrogen (secondary N) is 1. The normalized spacial score (nSPS) is 10.4. The fourth-order valence-corrected chi connectivity index (χ4v) is 3.61. The summed E-state index contributed by atoms with van der Waals surface area (Å²) in [6.07, 6.45) is 0. The molecule has 0 aliphatic carbocycles. The minimum absolute atomic E-state index is 0.207. The Labute approximate surface area is 142 Å². The van der Waals surface area contributed by atoms with Crippen molar-refractivity contribution in [1.29, 1.82) is 0 Å². The molecule has 6 heteroatoms. The highest BCUT2D eigenvalue weighted by molar-refractivity contribution is 9.11. The second-order valence-electron chi connectivity index (χ2n) is 4.27. The maximum Gasteiger partial charge on any atom is 0.256 e. The molecule has 0 aliphatic heterocycles. The molecular formula is C14H11Br3N2O. The number of aryl methyl sites for hydroxylation is 1. The van der Waals surface area contributed by atoms with Crippen molar-refractivity contribution >= 4 is 65.1 Å². The van der Waals surface area contributed by atoms with Gasteiger partial charge in [-0.25, -0.2) is 0 Å².